The van der Waals surface area contributed by atoms with Gasteiger partial charge in [-0.25, -0.2) is 4.57 Å². The fourth-order valence-electron chi connectivity index (χ4n) is 4.81. The van der Waals surface area contributed by atoms with E-state index in [4.69, 9.17) is 0 Å². The van der Waals surface area contributed by atoms with Crippen LogP contribution in [0.3, 0.4) is 0 Å². The Hall–Kier alpha value is -2.35. The van der Waals surface area contributed by atoms with Gasteiger partial charge in [-0.05, 0) is 0 Å². The molecule has 0 bridgehead atoms. The minimum Gasteiger partial charge on any atom is -0.225 e. The van der Waals surface area contributed by atoms with E-state index in [1.165, 1.54) is 44.1 Å². The van der Waals surface area contributed by atoms with Gasteiger partial charge in [-0.15, -0.1) is 0 Å². The van der Waals surface area contributed by atoms with Gasteiger partial charge in [0.1, 0.15) is 24.0 Å². The lowest BCUT2D eigenvalue weighted by molar-refractivity contribution is -0.657. The maximum atomic E-state index is 2.54. The number of benzene rings is 2. The second-order valence-electron chi connectivity index (χ2n) is 7.51. The lowest BCUT2D eigenvalue weighted by atomic mass is 9.77. The molecule has 4 aromatic rings. The predicted molar refractivity (Wildman–Crippen MR) is 88.4 cm³/mol. The molecule has 2 aromatic heterocycles. The van der Waals surface area contributed by atoms with Crippen molar-refractivity contribution in [3.05, 3.63) is 59.4 Å². The number of aromatic nitrogens is 2. The molecule has 0 spiro atoms. The summed E-state index contributed by atoms with van der Waals surface area (Å²) in [5.41, 5.74) is 7.43. The molecule has 0 unspecified atom stereocenters. The Labute approximate surface area is 128 Å². The molecule has 6 rings (SSSR count). The molecule has 0 N–H and O–H groups in total. The second kappa shape index (κ2) is 3.19. The van der Waals surface area contributed by atoms with E-state index < -0.39 is 0 Å². The van der Waals surface area contributed by atoms with Crippen LogP contribution in [0.1, 0.15) is 30.7 Å². The number of hydrogen-bond acceptors (Lipinski definition) is 0. The molecule has 0 saturated carbocycles. The molecule has 0 aliphatic carbocycles. The van der Waals surface area contributed by atoms with Crippen LogP contribution in [-0.4, -0.2) is 4.40 Å². The summed E-state index contributed by atoms with van der Waals surface area (Å²) in [6, 6.07) is 13.6. The predicted octanol–water partition coefficient (Wildman–Crippen LogP) is 3.73. The largest absolute Gasteiger partial charge is 0.295 e. The molecule has 22 heavy (non-hydrogen) atoms. The minimum atomic E-state index is 0.198. The van der Waals surface area contributed by atoms with Crippen LogP contribution in [0.25, 0.3) is 27.3 Å². The summed E-state index contributed by atoms with van der Waals surface area (Å²) in [4.78, 5) is 0. The van der Waals surface area contributed by atoms with E-state index in [0.717, 1.165) is 13.0 Å². The maximum absolute atomic E-state index is 2.54. The third kappa shape index (κ3) is 1.04. The van der Waals surface area contributed by atoms with Crippen LogP contribution in [0.15, 0.2) is 42.6 Å². The van der Waals surface area contributed by atoms with Crippen LogP contribution in [-0.2, 0) is 18.4 Å². The summed E-state index contributed by atoms with van der Waals surface area (Å²) >= 11 is 0. The number of rotatable bonds is 0. The summed E-state index contributed by atoms with van der Waals surface area (Å²) in [7, 11) is 0. The smallest absolute Gasteiger partial charge is 0.225 e. The van der Waals surface area contributed by atoms with Crippen LogP contribution >= 0.6 is 0 Å². The molecule has 0 atom stereocenters. The zero-order valence-electron chi connectivity index (χ0n) is 12.9. The number of nitrogens with zero attached hydrogens (tertiary/aromatic N) is 2. The molecule has 0 saturated heterocycles. The molecule has 2 aliphatic heterocycles. The van der Waals surface area contributed by atoms with Crippen LogP contribution in [0.5, 0.6) is 0 Å². The normalized spacial score (nSPS) is 17.5. The number of pyridine rings is 1. The second-order valence-corrected chi connectivity index (χ2v) is 7.51. The van der Waals surface area contributed by atoms with Crippen molar-refractivity contribution in [3.63, 3.8) is 0 Å². The van der Waals surface area contributed by atoms with Crippen LogP contribution in [0.2, 0.25) is 0 Å². The third-order valence-corrected chi connectivity index (χ3v) is 5.69. The average Bonchev–Trinajstić information content (AvgIpc) is 3.01. The number of hydrogen-bond donors (Lipinski definition) is 0. The summed E-state index contributed by atoms with van der Waals surface area (Å²) in [5, 5.41) is 4.27. The average molecular weight is 285 g/mol. The Bertz CT molecular complexity index is 1150. The Morgan fingerprint density at radius 2 is 1.86 bits per heavy atom. The first-order valence-corrected chi connectivity index (χ1v) is 8.06. The van der Waals surface area contributed by atoms with Crippen molar-refractivity contribution in [1.29, 1.82) is 0 Å². The van der Waals surface area contributed by atoms with Gasteiger partial charge in [0.15, 0.2) is 0 Å². The minimum absolute atomic E-state index is 0.198. The molecule has 2 nitrogen and oxygen atoms in total. The van der Waals surface area contributed by atoms with E-state index >= 15 is 0 Å². The first-order valence-electron chi connectivity index (χ1n) is 8.06. The van der Waals surface area contributed by atoms with Crippen molar-refractivity contribution < 1.29 is 4.57 Å². The Morgan fingerprint density at radius 1 is 1.05 bits per heavy atom. The van der Waals surface area contributed by atoms with Crippen molar-refractivity contribution in [2.24, 2.45) is 0 Å². The first kappa shape index (κ1) is 11.2. The van der Waals surface area contributed by atoms with Gasteiger partial charge in [0.05, 0.1) is 5.39 Å². The first-order chi connectivity index (χ1) is 10.6. The Balaban J connectivity index is 2.07. The highest BCUT2D eigenvalue weighted by Crippen LogP contribution is 2.43. The molecule has 0 fully saturated rings. The summed E-state index contributed by atoms with van der Waals surface area (Å²) < 4.78 is 4.99. The topological polar surface area (TPSA) is 8.29 Å². The standard InChI is InChI=1S/C20H17N2/c1-20(2)9-13-11-21-10-12-5-3-6-14-15-7-4-8-16(20)18(15)22(13)19(21)17(12)14/h3-8,11H,9-10H2,1-2H3/q+1. The van der Waals surface area contributed by atoms with Gasteiger partial charge in [0.2, 0.25) is 0 Å². The molecule has 2 aliphatic rings. The molecule has 106 valence electrons. The SMILES string of the molecule is CC1(C)Cc2c[n+]3c4c5c(cccc5c5cccc1c5n24)C3. The van der Waals surface area contributed by atoms with Crippen molar-refractivity contribution >= 4 is 27.3 Å². The van der Waals surface area contributed by atoms with E-state index in [1.807, 2.05) is 0 Å². The molecule has 0 radical (unpaired) electrons. The highest BCUT2D eigenvalue weighted by Gasteiger charge is 2.39. The van der Waals surface area contributed by atoms with Crippen LogP contribution in [0.4, 0.5) is 0 Å². The lowest BCUT2D eigenvalue weighted by Crippen LogP contribution is -2.28. The van der Waals surface area contributed by atoms with Crippen LogP contribution in [0, 0.1) is 0 Å². The van der Waals surface area contributed by atoms with Crippen molar-refractivity contribution in [2.45, 2.75) is 32.2 Å². The van der Waals surface area contributed by atoms with Gasteiger partial charge in [-0.1, -0.05) is 50.2 Å². The Kier molecular flexibility index (Phi) is 1.63. The van der Waals surface area contributed by atoms with Crippen molar-refractivity contribution in [1.82, 2.24) is 4.40 Å². The van der Waals surface area contributed by atoms with Gasteiger partial charge in [0, 0.05) is 33.7 Å². The summed E-state index contributed by atoms with van der Waals surface area (Å²) in [5.74, 6) is 0. The number of imidazole rings is 1. The van der Waals surface area contributed by atoms with Crippen molar-refractivity contribution in [2.75, 3.05) is 0 Å². The molecule has 2 heteroatoms. The molecule has 0 amide bonds. The number of para-hydroxylation sites is 1. The van der Waals surface area contributed by atoms with Gasteiger partial charge in [0.25, 0.3) is 5.65 Å². The lowest BCUT2D eigenvalue weighted by Gasteiger charge is -2.28. The molecule has 2 aromatic carbocycles. The van der Waals surface area contributed by atoms with E-state index in [-0.39, 0.29) is 5.41 Å². The zero-order valence-corrected chi connectivity index (χ0v) is 12.9. The number of fused-ring (bicyclic) bond motifs is 1. The summed E-state index contributed by atoms with van der Waals surface area (Å²) in [6.07, 6.45) is 3.49. The van der Waals surface area contributed by atoms with Gasteiger partial charge >= 0.3 is 0 Å². The van der Waals surface area contributed by atoms with Gasteiger partial charge in [-0.3, -0.25) is 0 Å². The fraction of sp³-hybridized carbons (Fsp3) is 0.250. The quantitative estimate of drug-likeness (QED) is 0.303. The van der Waals surface area contributed by atoms with E-state index in [2.05, 4.69) is 65.4 Å². The highest BCUT2D eigenvalue weighted by atomic mass is 15.1. The van der Waals surface area contributed by atoms with Gasteiger partial charge in [-0.2, -0.15) is 4.40 Å². The van der Waals surface area contributed by atoms with Crippen molar-refractivity contribution in [3.8, 4) is 0 Å². The van der Waals surface area contributed by atoms with Crippen LogP contribution < -0.4 is 4.57 Å². The van der Waals surface area contributed by atoms with Gasteiger partial charge < -0.3 is 0 Å². The van der Waals surface area contributed by atoms with E-state index in [0.29, 0.717) is 0 Å². The van der Waals surface area contributed by atoms with E-state index in [9.17, 15) is 0 Å². The maximum Gasteiger partial charge on any atom is 0.295 e. The summed E-state index contributed by atoms with van der Waals surface area (Å²) in [6.45, 7) is 5.77. The van der Waals surface area contributed by atoms with E-state index in [1.54, 1.807) is 0 Å². The highest BCUT2D eigenvalue weighted by molar-refractivity contribution is 6.13. The fourth-order valence-corrected chi connectivity index (χ4v) is 4.81. The Morgan fingerprint density at radius 3 is 2.77 bits per heavy atom. The molecule has 4 heterocycles. The third-order valence-electron chi connectivity index (χ3n) is 5.69. The zero-order chi connectivity index (χ0) is 14.6. The molecular weight excluding hydrogens is 268 g/mol. The molecular formula is C20H17N2+. The monoisotopic (exact) mass is 285 g/mol.